The van der Waals surface area contributed by atoms with Gasteiger partial charge in [-0.25, -0.2) is 4.98 Å². The van der Waals surface area contributed by atoms with Crippen molar-refractivity contribution in [2.75, 3.05) is 20.2 Å². The number of carboxylic acids is 1. The molecule has 0 aliphatic rings. The summed E-state index contributed by atoms with van der Waals surface area (Å²) in [4.78, 5) is 28.1. The molecule has 1 heterocycles. The predicted molar refractivity (Wildman–Crippen MR) is 64.7 cm³/mol. The number of methoxy groups -OCH3 is 1. The quantitative estimate of drug-likeness (QED) is 0.843. The van der Waals surface area contributed by atoms with Crippen molar-refractivity contribution in [1.29, 1.82) is 0 Å². The van der Waals surface area contributed by atoms with E-state index in [4.69, 9.17) is 9.84 Å². The maximum Gasteiger partial charge on any atom is 0.323 e. The summed E-state index contributed by atoms with van der Waals surface area (Å²) >= 11 is 0. The van der Waals surface area contributed by atoms with E-state index in [1.54, 1.807) is 26.0 Å². The fourth-order valence-electron chi connectivity index (χ4n) is 1.51. The molecule has 1 aromatic heterocycles. The highest BCUT2D eigenvalue weighted by atomic mass is 16.5. The van der Waals surface area contributed by atoms with Crippen LogP contribution in [0.15, 0.2) is 12.1 Å². The maximum atomic E-state index is 12.1. The van der Waals surface area contributed by atoms with E-state index < -0.39 is 11.9 Å². The molecule has 0 atom stereocenters. The fourth-order valence-corrected chi connectivity index (χ4v) is 1.51. The maximum absolute atomic E-state index is 12.1. The van der Waals surface area contributed by atoms with Crippen molar-refractivity contribution in [3.05, 3.63) is 23.4 Å². The van der Waals surface area contributed by atoms with E-state index in [0.29, 0.717) is 6.54 Å². The molecule has 1 rings (SSSR count). The van der Waals surface area contributed by atoms with E-state index in [9.17, 15) is 9.59 Å². The first-order valence-corrected chi connectivity index (χ1v) is 5.52. The second kappa shape index (κ2) is 6.00. The molecule has 0 saturated heterocycles. The standard InChI is InChI=1S/C12H16N2O4/c1-4-14(7-10(15)16)12(17)9-6-5-8(2)13-11(9)18-3/h5-6H,4,7H2,1-3H3,(H,15,16). The molecular formula is C12H16N2O4. The van der Waals surface area contributed by atoms with Crippen LogP contribution in [0.4, 0.5) is 0 Å². The van der Waals surface area contributed by atoms with Gasteiger partial charge in [0.1, 0.15) is 12.1 Å². The first-order valence-electron chi connectivity index (χ1n) is 5.52. The highest BCUT2D eigenvalue weighted by Gasteiger charge is 2.21. The van der Waals surface area contributed by atoms with E-state index in [2.05, 4.69) is 4.98 Å². The third-order valence-corrected chi connectivity index (χ3v) is 2.42. The Hall–Kier alpha value is -2.11. The Balaban J connectivity index is 3.04. The van der Waals surface area contributed by atoms with Gasteiger partial charge in [0.15, 0.2) is 0 Å². The molecule has 0 aliphatic heterocycles. The van der Waals surface area contributed by atoms with Crippen LogP contribution in [-0.4, -0.2) is 47.1 Å². The molecule has 98 valence electrons. The lowest BCUT2D eigenvalue weighted by molar-refractivity contribution is -0.137. The molecule has 0 aromatic carbocycles. The third-order valence-electron chi connectivity index (χ3n) is 2.42. The summed E-state index contributed by atoms with van der Waals surface area (Å²) in [6, 6.07) is 3.28. The summed E-state index contributed by atoms with van der Waals surface area (Å²) < 4.78 is 5.04. The highest BCUT2D eigenvalue weighted by Crippen LogP contribution is 2.17. The summed E-state index contributed by atoms with van der Waals surface area (Å²) in [7, 11) is 1.42. The van der Waals surface area contributed by atoms with Crippen LogP contribution in [0.5, 0.6) is 5.88 Å². The van der Waals surface area contributed by atoms with E-state index >= 15 is 0 Å². The Morgan fingerprint density at radius 2 is 2.11 bits per heavy atom. The van der Waals surface area contributed by atoms with Gasteiger partial charge in [0.25, 0.3) is 5.91 Å². The minimum atomic E-state index is -1.05. The van der Waals surface area contributed by atoms with Crippen LogP contribution in [0.1, 0.15) is 23.0 Å². The number of aryl methyl sites for hydroxylation is 1. The van der Waals surface area contributed by atoms with Crippen LogP contribution in [0.25, 0.3) is 0 Å². The summed E-state index contributed by atoms with van der Waals surface area (Å²) in [5.41, 5.74) is 0.996. The van der Waals surface area contributed by atoms with Gasteiger partial charge < -0.3 is 14.7 Å². The molecule has 18 heavy (non-hydrogen) atoms. The zero-order valence-electron chi connectivity index (χ0n) is 10.6. The first-order chi connectivity index (χ1) is 8.49. The Bertz CT molecular complexity index is 459. The van der Waals surface area contributed by atoms with Gasteiger partial charge in [0.2, 0.25) is 5.88 Å². The number of rotatable bonds is 5. The lowest BCUT2D eigenvalue weighted by atomic mass is 10.2. The second-order valence-corrected chi connectivity index (χ2v) is 3.72. The number of aliphatic carboxylic acids is 1. The molecule has 0 aliphatic carbocycles. The van der Waals surface area contributed by atoms with Gasteiger partial charge >= 0.3 is 5.97 Å². The summed E-state index contributed by atoms with van der Waals surface area (Å²) in [6.45, 7) is 3.47. The molecule has 1 aromatic rings. The average Bonchev–Trinajstić information content (AvgIpc) is 2.34. The first kappa shape index (κ1) is 14.0. The minimum Gasteiger partial charge on any atom is -0.480 e. The van der Waals surface area contributed by atoms with E-state index in [0.717, 1.165) is 5.69 Å². The fraction of sp³-hybridized carbons (Fsp3) is 0.417. The van der Waals surface area contributed by atoms with Crippen molar-refractivity contribution in [1.82, 2.24) is 9.88 Å². The number of carbonyl (C=O) groups excluding carboxylic acids is 1. The van der Waals surface area contributed by atoms with Crippen molar-refractivity contribution in [2.45, 2.75) is 13.8 Å². The summed E-state index contributed by atoms with van der Waals surface area (Å²) in [5, 5.41) is 8.74. The van der Waals surface area contributed by atoms with Crippen LogP contribution in [-0.2, 0) is 4.79 Å². The van der Waals surface area contributed by atoms with Crippen molar-refractivity contribution in [2.24, 2.45) is 0 Å². The monoisotopic (exact) mass is 252 g/mol. The minimum absolute atomic E-state index is 0.212. The summed E-state index contributed by atoms with van der Waals surface area (Å²) in [5.74, 6) is -1.24. The Morgan fingerprint density at radius 1 is 1.44 bits per heavy atom. The van der Waals surface area contributed by atoms with E-state index in [1.165, 1.54) is 12.0 Å². The molecule has 1 N–H and O–H groups in total. The molecule has 0 fully saturated rings. The largest absolute Gasteiger partial charge is 0.480 e. The number of hydrogen-bond acceptors (Lipinski definition) is 4. The number of carboxylic acid groups (broad SMARTS) is 1. The Labute approximate surface area is 105 Å². The molecule has 1 amide bonds. The van der Waals surface area contributed by atoms with Crippen LogP contribution in [0, 0.1) is 6.92 Å². The third kappa shape index (κ3) is 3.19. The average molecular weight is 252 g/mol. The topological polar surface area (TPSA) is 79.7 Å². The molecule has 0 unspecified atom stereocenters. The van der Waals surface area contributed by atoms with Gasteiger partial charge in [0.05, 0.1) is 7.11 Å². The molecule has 6 heteroatoms. The van der Waals surface area contributed by atoms with Crippen molar-refractivity contribution >= 4 is 11.9 Å². The Kier molecular flexibility index (Phi) is 4.65. The Morgan fingerprint density at radius 3 is 2.61 bits per heavy atom. The van der Waals surface area contributed by atoms with E-state index in [-0.39, 0.29) is 18.0 Å². The van der Waals surface area contributed by atoms with Crippen molar-refractivity contribution in [3.63, 3.8) is 0 Å². The van der Waals surface area contributed by atoms with Gasteiger partial charge in [0, 0.05) is 12.2 Å². The predicted octanol–water partition coefficient (Wildman–Crippen LogP) is 0.945. The van der Waals surface area contributed by atoms with Crippen LogP contribution in [0.3, 0.4) is 0 Å². The lowest BCUT2D eigenvalue weighted by Crippen LogP contribution is -2.35. The molecule has 0 saturated carbocycles. The number of ether oxygens (including phenoxy) is 1. The lowest BCUT2D eigenvalue weighted by Gasteiger charge is -2.19. The smallest absolute Gasteiger partial charge is 0.323 e. The van der Waals surface area contributed by atoms with Crippen molar-refractivity contribution in [3.8, 4) is 5.88 Å². The van der Waals surface area contributed by atoms with Crippen LogP contribution >= 0.6 is 0 Å². The number of likely N-dealkylation sites (N-methyl/N-ethyl adjacent to an activating group) is 1. The van der Waals surface area contributed by atoms with Gasteiger partial charge in [-0.15, -0.1) is 0 Å². The zero-order chi connectivity index (χ0) is 13.7. The normalized spacial score (nSPS) is 9.94. The molecule has 0 bridgehead atoms. The SMILES string of the molecule is CCN(CC(=O)O)C(=O)c1ccc(C)nc1OC. The van der Waals surface area contributed by atoms with Crippen LogP contribution < -0.4 is 4.74 Å². The number of amides is 1. The molecule has 0 spiro atoms. The van der Waals surface area contributed by atoms with Gasteiger partial charge in [-0.1, -0.05) is 0 Å². The van der Waals surface area contributed by atoms with Gasteiger partial charge in [-0.2, -0.15) is 0 Å². The number of hydrogen-bond donors (Lipinski definition) is 1. The number of carbonyl (C=O) groups is 2. The van der Waals surface area contributed by atoms with Gasteiger partial charge in [-0.3, -0.25) is 9.59 Å². The number of aromatic nitrogens is 1. The molecule has 6 nitrogen and oxygen atoms in total. The highest BCUT2D eigenvalue weighted by molar-refractivity contribution is 5.97. The molecular weight excluding hydrogens is 236 g/mol. The zero-order valence-corrected chi connectivity index (χ0v) is 10.6. The van der Waals surface area contributed by atoms with E-state index in [1.807, 2.05) is 0 Å². The second-order valence-electron chi connectivity index (χ2n) is 3.72. The van der Waals surface area contributed by atoms with Crippen molar-refractivity contribution < 1.29 is 19.4 Å². The summed E-state index contributed by atoms with van der Waals surface area (Å²) in [6.07, 6.45) is 0. The number of pyridine rings is 1. The number of nitrogens with zero attached hydrogens (tertiary/aromatic N) is 2. The van der Waals surface area contributed by atoms with Crippen LogP contribution in [0.2, 0.25) is 0 Å². The molecule has 0 radical (unpaired) electrons. The van der Waals surface area contributed by atoms with Gasteiger partial charge in [-0.05, 0) is 26.0 Å².